The molecule has 0 saturated heterocycles. The Hall–Kier alpha value is -1.94. The Morgan fingerprint density at radius 3 is 2.80 bits per heavy atom. The summed E-state index contributed by atoms with van der Waals surface area (Å²) >= 11 is 0. The van der Waals surface area contributed by atoms with Gasteiger partial charge in [-0.2, -0.15) is 0 Å². The summed E-state index contributed by atoms with van der Waals surface area (Å²) in [6.07, 6.45) is 2.64. The number of benzene rings is 1. The maximum Gasteiger partial charge on any atom is 0.307 e. The number of carboxylic acid groups (broad SMARTS) is 1. The standard InChI is InChI=1S/C16H20N2O2/c1-11(16(19)20)12(2)17-10-8-14-6-3-5-13-7-4-9-18-15(13)14/h3-7,9,11-12,17H,8,10H2,1-2H3,(H,19,20). The minimum atomic E-state index is -0.767. The van der Waals surface area contributed by atoms with E-state index in [1.54, 1.807) is 13.1 Å². The van der Waals surface area contributed by atoms with Gasteiger partial charge in [0.15, 0.2) is 0 Å². The zero-order valence-electron chi connectivity index (χ0n) is 11.8. The molecule has 0 aliphatic heterocycles. The van der Waals surface area contributed by atoms with Crippen LogP contribution in [0.15, 0.2) is 36.5 Å². The molecule has 0 radical (unpaired) electrons. The van der Waals surface area contributed by atoms with Crippen molar-refractivity contribution in [1.82, 2.24) is 10.3 Å². The molecule has 4 nitrogen and oxygen atoms in total. The van der Waals surface area contributed by atoms with Gasteiger partial charge in [0.1, 0.15) is 0 Å². The van der Waals surface area contributed by atoms with Gasteiger partial charge >= 0.3 is 5.97 Å². The Labute approximate surface area is 118 Å². The van der Waals surface area contributed by atoms with E-state index in [2.05, 4.69) is 16.4 Å². The van der Waals surface area contributed by atoms with Crippen molar-refractivity contribution in [2.24, 2.45) is 5.92 Å². The molecule has 2 atom stereocenters. The lowest BCUT2D eigenvalue weighted by Crippen LogP contribution is -2.37. The summed E-state index contributed by atoms with van der Waals surface area (Å²) in [6, 6.07) is 10.1. The van der Waals surface area contributed by atoms with Gasteiger partial charge in [-0.1, -0.05) is 31.2 Å². The number of aliphatic carboxylic acids is 1. The average molecular weight is 272 g/mol. The highest BCUT2D eigenvalue weighted by Gasteiger charge is 2.18. The topological polar surface area (TPSA) is 62.2 Å². The van der Waals surface area contributed by atoms with E-state index in [9.17, 15) is 4.79 Å². The molecule has 1 aromatic heterocycles. The van der Waals surface area contributed by atoms with Crippen LogP contribution in [-0.2, 0) is 11.2 Å². The smallest absolute Gasteiger partial charge is 0.307 e. The highest BCUT2D eigenvalue weighted by molar-refractivity contribution is 5.81. The third-order valence-corrected chi connectivity index (χ3v) is 3.72. The van der Waals surface area contributed by atoms with Gasteiger partial charge in [0.05, 0.1) is 11.4 Å². The van der Waals surface area contributed by atoms with Crippen LogP contribution in [0.5, 0.6) is 0 Å². The monoisotopic (exact) mass is 272 g/mol. The molecule has 2 N–H and O–H groups in total. The molecule has 20 heavy (non-hydrogen) atoms. The largest absolute Gasteiger partial charge is 0.481 e. The van der Waals surface area contributed by atoms with E-state index in [-0.39, 0.29) is 12.0 Å². The van der Waals surface area contributed by atoms with Crippen molar-refractivity contribution in [1.29, 1.82) is 0 Å². The first-order valence-electron chi connectivity index (χ1n) is 6.88. The van der Waals surface area contributed by atoms with E-state index in [1.165, 1.54) is 5.56 Å². The number of carboxylic acids is 1. The molecular weight excluding hydrogens is 252 g/mol. The zero-order valence-corrected chi connectivity index (χ0v) is 11.8. The van der Waals surface area contributed by atoms with Gasteiger partial charge in [-0.25, -0.2) is 0 Å². The summed E-state index contributed by atoms with van der Waals surface area (Å²) in [5.41, 5.74) is 2.21. The highest BCUT2D eigenvalue weighted by Crippen LogP contribution is 2.16. The molecule has 2 aromatic rings. The number of hydrogen-bond donors (Lipinski definition) is 2. The first-order chi connectivity index (χ1) is 9.59. The molecule has 1 heterocycles. The van der Waals surface area contributed by atoms with E-state index in [0.29, 0.717) is 0 Å². The summed E-state index contributed by atoms with van der Waals surface area (Å²) in [4.78, 5) is 15.3. The normalized spacial score (nSPS) is 14.1. The van der Waals surface area contributed by atoms with Crippen LogP contribution in [0.1, 0.15) is 19.4 Å². The fourth-order valence-electron chi connectivity index (χ4n) is 2.19. The second kappa shape index (κ2) is 6.48. The van der Waals surface area contributed by atoms with Crippen LogP contribution in [-0.4, -0.2) is 28.6 Å². The summed E-state index contributed by atoms with van der Waals surface area (Å²) in [5, 5.41) is 13.4. The number of carbonyl (C=O) groups is 1. The van der Waals surface area contributed by atoms with Crippen LogP contribution < -0.4 is 5.32 Å². The van der Waals surface area contributed by atoms with Crippen LogP contribution in [0.25, 0.3) is 10.9 Å². The molecule has 0 amide bonds. The Morgan fingerprint density at radius 1 is 1.30 bits per heavy atom. The third-order valence-electron chi connectivity index (χ3n) is 3.72. The molecule has 0 fully saturated rings. The first kappa shape index (κ1) is 14.5. The fourth-order valence-corrected chi connectivity index (χ4v) is 2.19. The number of aromatic nitrogens is 1. The first-order valence-corrected chi connectivity index (χ1v) is 6.88. The van der Waals surface area contributed by atoms with E-state index in [4.69, 9.17) is 5.11 Å². The van der Waals surface area contributed by atoms with Crippen LogP contribution in [0.2, 0.25) is 0 Å². The van der Waals surface area contributed by atoms with Crippen molar-refractivity contribution in [3.8, 4) is 0 Å². The van der Waals surface area contributed by atoms with Crippen LogP contribution in [0, 0.1) is 5.92 Å². The lowest BCUT2D eigenvalue weighted by atomic mass is 10.0. The molecule has 0 aliphatic rings. The summed E-state index contributed by atoms with van der Waals surface area (Å²) < 4.78 is 0. The third kappa shape index (κ3) is 3.33. The number of para-hydroxylation sites is 1. The van der Waals surface area contributed by atoms with Crippen molar-refractivity contribution >= 4 is 16.9 Å². The number of pyridine rings is 1. The second-order valence-corrected chi connectivity index (χ2v) is 5.11. The van der Waals surface area contributed by atoms with Crippen molar-refractivity contribution in [2.75, 3.05) is 6.54 Å². The molecule has 2 rings (SSSR count). The van der Waals surface area contributed by atoms with Gasteiger partial charge in [0.2, 0.25) is 0 Å². The molecule has 0 saturated carbocycles. The minimum Gasteiger partial charge on any atom is -0.481 e. The minimum absolute atomic E-state index is 0.0459. The van der Waals surface area contributed by atoms with Gasteiger partial charge < -0.3 is 10.4 Å². The SMILES string of the molecule is CC(NCCc1cccc2cccnc12)C(C)C(=O)O. The summed E-state index contributed by atoms with van der Waals surface area (Å²) in [7, 11) is 0. The Balaban J connectivity index is 1.98. The average Bonchev–Trinajstić information content (AvgIpc) is 2.46. The molecule has 0 aliphatic carbocycles. The van der Waals surface area contributed by atoms with Gasteiger partial charge in [-0.3, -0.25) is 9.78 Å². The zero-order chi connectivity index (χ0) is 14.5. The van der Waals surface area contributed by atoms with Crippen LogP contribution >= 0.6 is 0 Å². The van der Waals surface area contributed by atoms with Gasteiger partial charge in [0.25, 0.3) is 0 Å². The van der Waals surface area contributed by atoms with E-state index in [1.807, 2.05) is 31.2 Å². The quantitative estimate of drug-likeness (QED) is 0.848. The van der Waals surface area contributed by atoms with Crippen molar-refractivity contribution < 1.29 is 9.90 Å². The Kier molecular flexibility index (Phi) is 4.69. The molecule has 1 aromatic carbocycles. The van der Waals surface area contributed by atoms with E-state index < -0.39 is 5.97 Å². The molecule has 106 valence electrons. The maximum atomic E-state index is 10.9. The predicted octanol–water partition coefficient (Wildman–Crippen LogP) is 2.48. The van der Waals surface area contributed by atoms with E-state index in [0.717, 1.165) is 23.9 Å². The van der Waals surface area contributed by atoms with Crippen molar-refractivity contribution in [2.45, 2.75) is 26.3 Å². The van der Waals surface area contributed by atoms with Gasteiger partial charge in [-0.05, 0) is 31.5 Å². The van der Waals surface area contributed by atoms with E-state index >= 15 is 0 Å². The van der Waals surface area contributed by atoms with Gasteiger partial charge in [-0.15, -0.1) is 0 Å². The lowest BCUT2D eigenvalue weighted by Gasteiger charge is -2.17. The van der Waals surface area contributed by atoms with Crippen LogP contribution in [0.4, 0.5) is 0 Å². The summed E-state index contributed by atoms with van der Waals surface area (Å²) in [5.74, 6) is -1.16. The Morgan fingerprint density at radius 2 is 2.05 bits per heavy atom. The van der Waals surface area contributed by atoms with Crippen molar-refractivity contribution in [3.05, 3.63) is 42.1 Å². The number of nitrogens with zero attached hydrogens (tertiary/aromatic N) is 1. The number of nitrogens with one attached hydrogen (secondary N) is 1. The maximum absolute atomic E-state index is 10.9. The Bertz CT molecular complexity index is 593. The molecule has 0 bridgehead atoms. The predicted molar refractivity (Wildman–Crippen MR) is 79.7 cm³/mol. The second-order valence-electron chi connectivity index (χ2n) is 5.11. The number of hydrogen-bond acceptors (Lipinski definition) is 3. The highest BCUT2D eigenvalue weighted by atomic mass is 16.4. The van der Waals surface area contributed by atoms with Crippen molar-refractivity contribution in [3.63, 3.8) is 0 Å². The van der Waals surface area contributed by atoms with Crippen LogP contribution in [0.3, 0.4) is 0 Å². The number of fused-ring (bicyclic) bond motifs is 1. The lowest BCUT2D eigenvalue weighted by molar-refractivity contribution is -0.141. The fraction of sp³-hybridized carbons (Fsp3) is 0.375. The summed E-state index contributed by atoms with van der Waals surface area (Å²) in [6.45, 7) is 4.37. The molecule has 2 unspecified atom stereocenters. The molecule has 0 spiro atoms. The van der Waals surface area contributed by atoms with Gasteiger partial charge in [0, 0.05) is 17.6 Å². The molecule has 4 heteroatoms. The molecular formula is C16H20N2O2. The number of rotatable bonds is 6.